The molecule has 2 aromatic rings. The largest absolute Gasteiger partial charge is 0.478 e. The van der Waals surface area contributed by atoms with Gasteiger partial charge >= 0.3 is 5.97 Å². The van der Waals surface area contributed by atoms with Gasteiger partial charge in [0.15, 0.2) is 0 Å². The molecular formula is C21H27N3O3. The molecular weight excluding hydrogens is 342 g/mol. The van der Waals surface area contributed by atoms with Crippen LogP contribution in [0.5, 0.6) is 0 Å². The predicted octanol–water partition coefficient (Wildman–Crippen LogP) is 3.12. The number of rotatable bonds is 5. The number of carboxylic acid groups (broad SMARTS) is 1. The highest BCUT2D eigenvalue weighted by Crippen LogP contribution is 2.26. The standard InChI is InChI=1S/C14H21N3O.C7H6O2/c1-18-13-9-5-8-12(15)14(13)17(16)10-11-6-3-2-4-7-11;8-7(9)6-4-2-1-3-5-6/h2-4,6-7,13H,5,8-10,15-16H2,1H3;1-5H,(H,8,9). The third-order valence-electron chi connectivity index (χ3n) is 4.36. The molecule has 2 aromatic carbocycles. The van der Waals surface area contributed by atoms with Gasteiger partial charge in [0, 0.05) is 12.8 Å². The maximum atomic E-state index is 10.2. The second-order valence-corrected chi connectivity index (χ2v) is 6.31. The molecule has 0 amide bonds. The number of hydrogen-bond acceptors (Lipinski definition) is 5. The fourth-order valence-electron chi connectivity index (χ4n) is 2.99. The topological polar surface area (TPSA) is 102 Å². The van der Waals surface area contributed by atoms with Crippen LogP contribution in [0.15, 0.2) is 72.1 Å². The van der Waals surface area contributed by atoms with Crippen molar-refractivity contribution in [3.05, 3.63) is 83.2 Å². The van der Waals surface area contributed by atoms with E-state index in [0.29, 0.717) is 12.1 Å². The lowest BCUT2D eigenvalue weighted by molar-refractivity contribution is 0.0697. The Kier molecular flexibility index (Phi) is 7.85. The van der Waals surface area contributed by atoms with E-state index < -0.39 is 5.97 Å². The van der Waals surface area contributed by atoms with Crippen LogP contribution in [0.3, 0.4) is 0 Å². The second-order valence-electron chi connectivity index (χ2n) is 6.31. The highest BCUT2D eigenvalue weighted by atomic mass is 16.5. The SMILES string of the molecule is COC1CCCC(N)=C1N(N)Cc1ccccc1.O=C(O)c1ccccc1. The number of ether oxygens (including phenoxy) is 1. The number of nitrogens with zero attached hydrogens (tertiary/aromatic N) is 1. The zero-order valence-corrected chi connectivity index (χ0v) is 15.5. The predicted molar refractivity (Wildman–Crippen MR) is 105 cm³/mol. The third kappa shape index (κ3) is 6.13. The molecule has 5 N–H and O–H groups in total. The molecule has 144 valence electrons. The van der Waals surface area contributed by atoms with Crippen LogP contribution in [0.25, 0.3) is 0 Å². The van der Waals surface area contributed by atoms with Gasteiger partial charge in [0.2, 0.25) is 0 Å². The van der Waals surface area contributed by atoms with Gasteiger partial charge in [-0.2, -0.15) is 0 Å². The summed E-state index contributed by atoms with van der Waals surface area (Å²) in [6, 6.07) is 18.4. The maximum absolute atomic E-state index is 10.2. The lowest BCUT2D eigenvalue weighted by atomic mass is 9.98. The zero-order valence-electron chi connectivity index (χ0n) is 15.5. The normalized spacial score (nSPS) is 16.3. The van der Waals surface area contributed by atoms with E-state index in [-0.39, 0.29) is 6.10 Å². The van der Waals surface area contributed by atoms with Crippen LogP contribution in [0, 0.1) is 0 Å². The van der Waals surface area contributed by atoms with Gasteiger partial charge in [-0.25, -0.2) is 10.6 Å². The number of carboxylic acids is 1. The van der Waals surface area contributed by atoms with E-state index in [1.807, 2.05) is 18.2 Å². The molecule has 1 unspecified atom stereocenters. The summed E-state index contributed by atoms with van der Waals surface area (Å²) in [4.78, 5) is 10.2. The highest BCUT2D eigenvalue weighted by Gasteiger charge is 2.25. The number of carbonyl (C=O) groups is 1. The molecule has 0 saturated heterocycles. The molecule has 0 fully saturated rings. The summed E-state index contributed by atoms with van der Waals surface area (Å²) in [7, 11) is 1.71. The smallest absolute Gasteiger partial charge is 0.335 e. The van der Waals surface area contributed by atoms with Crippen molar-refractivity contribution in [2.45, 2.75) is 31.9 Å². The minimum absolute atomic E-state index is 0.0208. The van der Waals surface area contributed by atoms with E-state index in [1.54, 1.807) is 42.5 Å². The summed E-state index contributed by atoms with van der Waals surface area (Å²) in [6.45, 7) is 0.650. The number of hydrazine groups is 1. The molecule has 1 atom stereocenters. The number of nitrogens with two attached hydrogens (primary N) is 2. The molecule has 0 saturated carbocycles. The number of benzene rings is 2. The average molecular weight is 369 g/mol. The second kappa shape index (κ2) is 10.4. The first kappa shape index (κ1) is 20.5. The molecule has 0 spiro atoms. The van der Waals surface area contributed by atoms with Crippen LogP contribution in [-0.2, 0) is 11.3 Å². The fraction of sp³-hybridized carbons (Fsp3) is 0.286. The fourth-order valence-corrected chi connectivity index (χ4v) is 2.99. The number of methoxy groups -OCH3 is 1. The van der Waals surface area contributed by atoms with Crippen molar-refractivity contribution in [3.8, 4) is 0 Å². The van der Waals surface area contributed by atoms with Gasteiger partial charge in [0.25, 0.3) is 0 Å². The molecule has 0 aliphatic heterocycles. The van der Waals surface area contributed by atoms with E-state index in [1.165, 1.54) is 5.56 Å². The Morgan fingerprint density at radius 3 is 2.26 bits per heavy atom. The minimum Gasteiger partial charge on any atom is -0.478 e. The first-order chi connectivity index (χ1) is 13.0. The molecule has 27 heavy (non-hydrogen) atoms. The van der Waals surface area contributed by atoms with Crippen molar-refractivity contribution in [2.75, 3.05) is 7.11 Å². The highest BCUT2D eigenvalue weighted by molar-refractivity contribution is 5.87. The molecule has 1 aliphatic rings. The van der Waals surface area contributed by atoms with Crippen molar-refractivity contribution < 1.29 is 14.6 Å². The molecule has 0 bridgehead atoms. The molecule has 6 nitrogen and oxygen atoms in total. The summed E-state index contributed by atoms with van der Waals surface area (Å²) >= 11 is 0. The molecule has 6 heteroatoms. The van der Waals surface area contributed by atoms with Gasteiger partial charge < -0.3 is 20.6 Å². The Balaban J connectivity index is 0.000000244. The molecule has 0 heterocycles. The number of hydrogen-bond donors (Lipinski definition) is 3. The van der Waals surface area contributed by atoms with E-state index in [2.05, 4.69) is 12.1 Å². The van der Waals surface area contributed by atoms with Gasteiger partial charge in [0.1, 0.15) is 0 Å². The van der Waals surface area contributed by atoms with Crippen molar-refractivity contribution in [1.82, 2.24) is 5.01 Å². The summed E-state index contributed by atoms with van der Waals surface area (Å²) < 4.78 is 5.47. The van der Waals surface area contributed by atoms with Crippen molar-refractivity contribution in [3.63, 3.8) is 0 Å². The number of aromatic carboxylic acids is 1. The van der Waals surface area contributed by atoms with E-state index in [9.17, 15) is 4.79 Å². The average Bonchev–Trinajstić information content (AvgIpc) is 2.69. The number of allylic oxidation sites excluding steroid dienone is 1. The van der Waals surface area contributed by atoms with Crippen LogP contribution < -0.4 is 11.6 Å². The Hall–Kier alpha value is -2.83. The quantitative estimate of drug-likeness (QED) is 0.553. The minimum atomic E-state index is -0.879. The first-order valence-corrected chi connectivity index (χ1v) is 8.88. The van der Waals surface area contributed by atoms with E-state index in [0.717, 1.165) is 30.7 Å². The van der Waals surface area contributed by atoms with E-state index in [4.69, 9.17) is 21.4 Å². The summed E-state index contributed by atoms with van der Waals surface area (Å²) in [5.41, 5.74) is 9.37. The molecule has 3 rings (SSSR count). The van der Waals surface area contributed by atoms with Crippen molar-refractivity contribution >= 4 is 5.97 Å². The van der Waals surface area contributed by atoms with Crippen LogP contribution in [-0.4, -0.2) is 29.3 Å². The maximum Gasteiger partial charge on any atom is 0.335 e. The van der Waals surface area contributed by atoms with Crippen LogP contribution in [0.2, 0.25) is 0 Å². The van der Waals surface area contributed by atoms with Gasteiger partial charge in [-0.3, -0.25) is 0 Å². The Labute approximate surface area is 160 Å². The summed E-state index contributed by atoms with van der Waals surface area (Å²) in [5, 5.41) is 10.1. The lowest BCUT2D eigenvalue weighted by Crippen LogP contribution is -2.40. The van der Waals surface area contributed by atoms with Gasteiger partial charge in [-0.15, -0.1) is 0 Å². The molecule has 0 radical (unpaired) electrons. The zero-order chi connectivity index (χ0) is 19.6. The third-order valence-corrected chi connectivity index (χ3v) is 4.36. The Morgan fingerprint density at radius 1 is 1.15 bits per heavy atom. The van der Waals surface area contributed by atoms with Crippen LogP contribution in [0.1, 0.15) is 35.2 Å². The Bertz CT molecular complexity index is 748. The summed E-state index contributed by atoms with van der Waals surface area (Å²) in [6.07, 6.45) is 2.96. The van der Waals surface area contributed by atoms with Crippen LogP contribution >= 0.6 is 0 Å². The first-order valence-electron chi connectivity index (χ1n) is 8.88. The Morgan fingerprint density at radius 2 is 1.74 bits per heavy atom. The van der Waals surface area contributed by atoms with Crippen molar-refractivity contribution in [1.29, 1.82) is 0 Å². The monoisotopic (exact) mass is 369 g/mol. The van der Waals surface area contributed by atoms with Crippen LogP contribution in [0.4, 0.5) is 0 Å². The van der Waals surface area contributed by atoms with Crippen molar-refractivity contribution in [2.24, 2.45) is 11.6 Å². The lowest BCUT2D eigenvalue weighted by Gasteiger charge is -2.32. The van der Waals surface area contributed by atoms with Gasteiger partial charge in [-0.1, -0.05) is 48.5 Å². The van der Waals surface area contributed by atoms with Gasteiger partial charge in [0.05, 0.1) is 23.9 Å². The van der Waals surface area contributed by atoms with E-state index >= 15 is 0 Å². The molecule has 1 aliphatic carbocycles. The van der Waals surface area contributed by atoms with Gasteiger partial charge in [-0.05, 0) is 37.0 Å². The molecule has 0 aromatic heterocycles. The summed E-state index contributed by atoms with van der Waals surface area (Å²) in [5.74, 6) is 5.27.